The number of carbonyl (C=O) groups excluding carboxylic acids is 1. The molecule has 0 bridgehead atoms. The van der Waals surface area contributed by atoms with Gasteiger partial charge in [-0.1, -0.05) is 30.3 Å². The fraction of sp³-hybridized carbons (Fsp3) is 0.190. The zero-order chi connectivity index (χ0) is 19.1. The molecule has 140 valence electrons. The quantitative estimate of drug-likeness (QED) is 0.533. The van der Waals surface area contributed by atoms with Crippen LogP contribution in [0, 0.1) is 0 Å². The Morgan fingerprint density at radius 3 is 2.93 bits per heavy atom. The molecule has 5 rings (SSSR count). The van der Waals surface area contributed by atoms with Crippen molar-refractivity contribution in [2.24, 2.45) is 0 Å². The number of carbonyl (C=O) groups is 1. The Kier molecular flexibility index (Phi) is 4.09. The summed E-state index contributed by atoms with van der Waals surface area (Å²) in [6.07, 6.45) is 1.31. The molecule has 0 aliphatic carbocycles. The van der Waals surface area contributed by atoms with Crippen LogP contribution in [0.4, 0.5) is 16.3 Å². The lowest BCUT2D eigenvalue weighted by Crippen LogP contribution is -2.23. The van der Waals surface area contributed by atoms with Crippen LogP contribution in [0.15, 0.2) is 54.9 Å². The summed E-state index contributed by atoms with van der Waals surface area (Å²) in [5.41, 5.74) is 1.92. The predicted molar refractivity (Wildman–Crippen MR) is 112 cm³/mol. The van der Waals surface area contributed by atoms with E-state index in [9.17, 15) is 4.79 Å². The number of benzene rings is 2. The largest absolute Gasteiger partial charge is 0.447 e. The minimum Gasteiger partial charge on any atom is -0.447 e. The van der Waals surface area contributed by atoms with Crippen molar-refractivity contribution in [2.45, 2.75) is 13.0 Å². The monoisotopic (exact) mass is 390 g/mol. The number of rotatable bonds is 4. The first-order valence-corrected chi connectivity index (χ1v) is 9.95. The Morgan fingerprint density at radius 1 is 1.18 bits per heavy atom. The Balaban J connectivity index is 1.49. The van der Waals surface area contributed by atoms with Gasteiger partial charge in [0.1, 0.15) is 23.6 Å². The molecule has 1 aliphatic rings. The van der Waals surface area contributed by atoms with Gasteiger partial charge in [-0.25, -0.2) is 14.8 Å². The highest BCUT2D eigenvalue weighted by atomic mass is 32.1. The van der Waals surface area contributed by atoms with E-state index in [2.05, 4.69) is 34.3 Å². The topological polar surface area (TPSA) is 67.3 Å². The lowest BCUT2D eigenvalue weighted by Gasteiger charge is -2.19. The maximum atomic E-state index is 11.9. The van der Waals surface area contributed by atoms with E-state index in [1.807, 2.05) is 36.4 Å². The van der Waals surface area contributed by atoms with Gasteiger partial charge in [-0.2, -0.15) is 0 Å². The van der Waals surface area contributed by atoms with Gasteiger partial charge in [-0.15, -0.1) is 11.3 Å². The van der Waals surface area contributed by atoms with Crippen LogP contribution in [0.1, 0.15) is 18.5 Å². The van der Waals surface area contributed by atoms with Crippen molar-refractivity contribution in [1.29, 1.82) is 0 Å². The van der Waals surface area contributed by atoms with Crippen molar-refractivity contribution < 1.29 is 9.53 Å². The smallest absolute Gasteiger partial charge is 0.414 e. The van der Waals surface area contributed by atoms with Gasteiger partial charge in [-0.3, -0.25) is 4.90 Å². The molecule has 6 nitrogen and oxygen atoms in total. The molecule has 0 spiro atoms. The van der Waals surface area contributed by atoms with E-state index in [0.717, 1.165) is 32.7 Å². The molecule has 7 heteroatoms. The van der Waals surface area contributed by atoms with Crippen LogP contribution in [0.5, 0.6) is 0 Å². The summed E-state index contributed by atoms with van der Waals surface area (Å²) >= 11 is 1.67. The summed E-state index contributed by atoms with van der Waals surface area (Å²) in [5, 5.41) is 5.74. The maximum Gasteiger partial charge on any atom is 0.414 e. The van der Waals surface area contributed by atoms with Crippen molar-refractivity contribution >= 4 is 49.2 Å². The van der Waals surface area contributed by atoms with Crippen molar-refractivity contribution in [1.82, 2.24) is 9.97 Å². The third kappa shape index (κ3) is 2.84. The van der Waals surface area contributed by atoms with Crippen molar-refractivity contribution in [3.63, 3.8) is 0 Å². The van der Waals surface area contributed by atoms with E-state index in [1.54, 1.807) is 22.6 Å². The number of hydrogen-bond acceptors (Lipinski definition) is 6. The Hall–Kier alpha value is -3.19. The fourth-order valence-electron chi connectivity index (χ4n) is 3.54. The molecule has 1 saturated heterocycles. The maximum absolute atomic E-state index is 11.9. The number of thiophene rings is 1. The number of cyclic esters (lactones) is 1. The van der Waals surface area contributed by atoms with Crippen LogP contribution in [0.25, 0.3) is 20.3 Å². The number of ether oxygens (including phenoxy) is 1. The van der Waals surface area contributed by atoms with E-state index >= 15 is 0 Å². The van der Waals surface area contributed by atoms with Gasteiger partial charge >= 0.3 is 6.09 Å². The molecule has 28 heavy (non-hydrogen) atoms. The van der Waals surface area contributed by atoms with Gasteiger partial charge in [0.15, 0.2) is 0 Å². The van der Waals surface area contributed by atoms with Crippen LogP contribution in [-0.2, 0) is 4.74 Å². The molecule has 1 aliphatic heterocycles. The standard InChI is InChI=1S/C21H18N4O2S/c1-13(14-5-4-6-15(11-14)25-9-10-27-21(25)26)24-19-18-16-7-2-3-8-17(16)28-20(18)23-12-22-19/h2-8,11-13H,9-10H2,1H3,(H,22,23,24). The highest BCUT2D eigenvalue weighted by Crippen LogP contribution is 2.37. The van der Waals surface area contributed by atoms with Gasteiger partial charge in [-0.05, 0) is 30.7 Å². The van der Waals surface area contributed by atoms with E-state index in [-0.39, 0.29) is 12.1 Å². The van der Waals surface area contributed by atoms with E-state index in [4.69, 9.17) is 4.74 Å². The van der Waals surface area contributed by atoms with Crippen molar-refractivity contribution in [2.75, 3.05) is 23.4 Å². The Morgan fingerprint density at radius 2 is 2.07 bits per heavy atom. The second kappa shape index (κ2) is 6.76. The number of nitrogens with one attached hydrogen (secondary N) is 1. The molecule has 1 unspecified atom stereocenters. The summed E-state index contributed by atoms with van der Waals surface area (Å²) < 4.78 is 6.25. The lowest BCUT2D eigenvalue weighted by molar-refractivity contribution is 0.181. The normalized spacial score (nSPS) is 15.2. The summed E-state index contributed by atoms with van der Waals surface area (Å²) in [5.74, 6) is 0.820. The lowest BCUT2D eigenvalue weighted by atomic mass is 10.1. The molecule has 0 radical (unpaired) electrons. The Labute approximate surface area is 165 Å². The zero-order valence-corrected chi connectivity index (χ0v) is 16.1. The average molecular weight is 390 g/mol. The molecular formula is C21H18N4O2S. The van der Waals surface area contributed by atoms with Crippen LogP contribution in [0.2, 0.25) is 0 Å². The van der Waals surface area contributed by atoms with Gasteiger partial charge in [0.25, 0.3) is 0 Å². The van der Waals surface area contributed by atoms with E-state index in [0.29, 0.717) is 13.2 Å². The molecule has 2 aromatic carbocycles. The molecule has 1 N–H and O–H groups in total. The van der Waals surface area contributed by atoms with Crippen molar-refractivity contribution in [3.05, 3.63) is 60.4 Å². The third-order valence-corrected chi connectivity index (χ3v) is 6.05. The molecule has 1 amide bonds. The first kappa shape index (κ1) is 16.9. The second-order valence-electron chi connectivity index (χ2n) is 6.73. The fourth-order valence-corrected chi connectivity index (χ4v) is 4.59. The number of fused-ring (bicyclic) bond motifs is 3. The average Bonchev–Trinajstić information content (AvgIpc) is 3.31. The summed E-state index contributed by atoms with van der Waals surface area (Å²) in [4.78, 5) is 23.4. The highest BCUT2D eigenvalue weighted by molar-refractivity contribution is 7.25. The number of hydrogen-bond donors (Lipinski definition) is 1. The zero-order valence-electron chi connectivity index (χ0n) is 15.3. The molecule has 4 aromatic rings. The summed E-state index contributed by atoms with van der Waals surface area (Å²) in [6, 6.07) is 16.3. The highest BCUT2D eigenvalue weighted by Gasteiger charge is 2.24. The number of amides is 1. The molecule has 3 heterocycles. The summed E-state index contributed by atoms with van der Waals surface area (Å²) in [7, 11) is 0. The second-order valence-corrected chi connectivity index (χ2v) is 7.76. The van der Waals surface area contributed by atoms with Crippen LogP contribution < -0.4 is 10.2 Å². The van der Waals surface area contributed by atoms with Gasteiger partial charge in [0.2, 0.25) is 0 Å². The third-order valence-electron chi connectivity index (χ3n) is 4.97. The van der Waals surface area contributed by atoms with E-state index in [1.165, 1.54) is 4.70 Å². The molecule has 2 aromatic heterocycles. The molecular weight excluding hydrogens is 372 g/mol. The Bertz CT molecular complexity index is 1190. The molecule has 1 fully saturated rings. The van der Waals surface area contributed by atoms with Crippen LogP contribution in [-0.4, -0.2) is 29.2 Å². The first-order chi connectivity index (χ1) is 13.7. The van der Waals surface area contributed by atoms with E-state index < -0.39 is 0 Å². The molecule has 0 saturated carbocycles. The minimum absolute atomic E-state index is 0.00957. The van der Waals surface area contributed by atoms with Crippen LogP contribution in [0.3, 0.4) is 0 Å². The number of aromatic nitrogens is 2. The SMILES string of the molecule is CC(Nc1ncnc2sc3ccccc3c12)c1cccc(N2CCOC2=O)c1. The van der Waals surface area contributed by atoms with Crippen LogP contribution >= 0.6 is 11.3 Å². The van der Waals surface area contributed by atoms with Gasteiger partial charge in [0, 0.05) is 15.8 Å². The van der Waals surface area contributed by atoms with Gasteiger partial charge < -0.3 is 10.1 Å². The van der Waals surface area contributed by atoms with Gasteiger partial charge in [0.05, 0.1) is 18.0 Å². The van der Waals surface area contributed by atoms with Crippen molar-refractivity contribution in [3.8, 4) is 0 Å². The molecule has 1 atom stereocenters. The minimum atomic E-state index is -0.292. The number of anilines is 2. The predicted octanol–water partition coefficient (Wildman–Crippen LogP) is 4.97. The summed E-state index contributed by atoms with van der Waals surface area (Å²) in [6.45, 7) is 3.10. The first-order valence-electron chi connectivity index (χ1n) is 9.14. The number of nitrogens with zero attached hydrogens (tertiary/aromatic N) is 3.